The van der Waals surface area contributed by atoms with Crippen molar-refractivity contribution >= 4 is 38.6 Å². The summed E-state index contributed by atoms with van der Waals surface area (Å²) in [4.78, 5) is 29.2. The maximum Gasteiger partial charge on any atom is 0.286 e. The first kappa shape index (κ1) is 26.4. The normalized spacial score (nSPS) is 16.1. The molecular weight excluding hydrogens is 513 g/mol. The number of benzene rings is 1. The quantitative estimate of drug-likeness (QED) is 0.472. The number of hydrogen-bond donors (Lipinski definition) is 2. The summed E-state index contributed by atoms with van der Waals surface area (Å²) in [6.07, 6.45) is 3.38. The molecule has 2 amide bonds. The zero-order chi connectivity index (χ0) is 27.1. The minimum Gasteiger partial charge on any atom is -0.479 e. The summed E-state index contributed by atoms with van der Waals surface area (Å²) >= 11 is 0. The average Bonchev–Trinajstić information content (AvgIpc) is 3.10. The third kappa shape index (κ3) is 6.01. The van der Waals surface area contributed by atoms with E-state index in [0.29, 0.717) is 11.1 Å². The second-order valence-corrected chi connectivity index (χ2v) is 11.7. The number of anilines is 2. The van der Waals surface area contributed by atoms with Crippen LogP contribution in [0.1, 0.15) is 35.7 Å². The van der Waals surface area contributed by atoms with E-state index >= 15 is 0 Å². The van der Waals surface area contributed by atoms with Crippen molar-refractivity contribution in [2.24, 2.45) is 4.36 Å². The number of nitrogens with zero attached hydrogens (tertiary/aromatic N) is 4. The number of nitrogens with one attached hydrogen (secondary N) is 2. The van der Waals surface area contributed by atoms with Crippen LogP contribution in [0.2, 0.25) is 0 Å². The van der Waals surface area contributed by atoms with Crippen molar-refractivity contribution in [1.29, 1.82) is 0 Å². The van der Waals surface area contributed by atoms with Crippen LogP contribution in [0.4, 0.5) is 24.7 Å². The Morgan fingerprint density at radius 2 is 2.00 bits per heavy atom. The molecule has 0 radical (unpaired) electrons. The molecule has 0 spiro atoms. The molecule has 14 heteroatoms. The van der Waals surface area contributed by atoms with Crippen molar-refractivity contribution in [3.8, 4) is 5.75 Å². The third-order valence-electron chi connectivity index (χ3n) is 5.67. The van der Waals surface area contributed by atoms with Crippen LogP contribution < -0.4 is 15.4 Å². The van der Waals surface area contributed by atoms with Crippen molar-refractivity contribution in [2.45, 2.75) is 44.8 Å². The van der Waals surface area contributed by atoms with Crippen LogP contribution in [0, 0.1) is 12.7 Å². The van der Waals surface area contributed by atoms with Gasteiger partial charge in [0.2, 0.25) is 0 Å². The molecule has 0 aliphatic heterocycles. The Kier molecular flexibility index (Phi) is 6.88. The van der Waals surface area contributed by atoms with Crippen molar-refractivity contribution in [2.75, 3.05) is 17.8 Å². The highest BCUT2D eigenvalue weighted by atomic mass is 32.2. The number of rotatable bonds is 7. The van der Waals surface area contributed by atoms with Gasteiger partial charge in [0.25, 0.3) is 17.7 Å². The SMILES string of the molecule is Cc1c(C(=O)N=S(C)(C)=O)cn2ncnc(Nc3ccc(F)cc3O[C@H](C)C(=O)NC3CC(F)(F)C3)c12. The lowest BCUT2D eigenvalue weighted by molar-refractivity contribution is -0.134. The lowest BCUT2D eigenvalue weighted by Crippen LogP contribution is -2.53. The van der Waals surface area contributed by atoms with E-state index in [-0.39, 0.29) is 22.8 Å². The average molecular weight is 539 g/mol. The first-order chi connectivity index (χ1) is 17.2. The van der Waals surface area contributed by atoms with Crippen LogP contribution in [0.5, 0.6) is 5.75 Å². The van der Waals surface area contributed by atoms with Crippen LogP contribution in [-0.4, -0.2) is 61.2 Å². The number of ether oxygens (including phenoxy) is 1. The van der Waals surface area contributed by atoms with Crippen molar-refractivity contribution in [3.63, 3.8) is 0 Å². The first-order valence-corrected chi connectivity index (χ1v) is 13.5. The number of halogens is 3. The zero-order valence-electron chi connectivity index (χ0n) is 20.4. The van der Waals surface area contributed by atoms with Gasteiger partial charge in [0, 0.05) is 53.4 Å². The maximum atomic E-state index is 14.0. The minimum absolute atomic E-state index is 0.0226. The number of carbonyl (C=O) groups excluding carboxylic acids is 2. The van der Waals surface area contributed by atoms with Gasteiger partial charge in [0.05, 0.1) is 11.3 Å². The van der Waals surface area contributed by atoms with Crippen LogP contribution in [0.15, 0.2) is 35.1 Å². The Morgan fingerprint density at radius 1 is 1.30 bits per heavy atom. The highest BCUT2D eigenvalue weighted by Gasteiger charge is 2.46. The molecular formula is C23H25F3N6O4S. The second kappa shape index (κ2) is 9.65. The van der Waals surface area contributed by atoms with Gasteiger partial charge in [-0.2, -0.15) is 9.46 Å². The van der Waals surface area contributed by atoms with E-state index in [0.717, 1.165) is 6.07 Å². The summed E-state index contributed by atoms with van der Waals surface area (Å²) in [6.45, 7) is 3.07. The number of aryl methyl sites for hydroxylation is 1. The van der Waals surface area contributed by atoms with Gasteiger partial charge >= 0.3 is 0 Å². The summed E-state index contributed by atoms with van der Waals surface area (Å²) in [6, 6.07) is 2.97. The Balaban J connectivity index is 1.60. The minimum atomic E-state index is -2.79. The van der Waals surface area contributed by atoms with Gasteiger partial charge in [-0.25, -0.2) is 26.9 Å². The summed E-state index contributed by atoms with van der Waals surface area (Å²) in [7, 11) is -2.68. The smallest absolute Gasteiger partial charge is 0.286 e. The monoisotopic (exact) mass is 538 g/mol. The molecule has 1 saturated carbocycles. The lowest BCUT2D eigenvalue weighted by atomic mass is 9.88. The maximum absolute atomic E-state index is 14.0. The summed E-state index contributed by atoms with van der Waals surface area (Å²) in [5.74, 6) is -4.48. The fraction of sp³-hybridized carbons (Fsp3) is 0.391. The molecule has 2 N–H and O–H groups in total. The molecule has 2 aromatic heterocycles. The summed E-state index contributed by atoms with van der Waals surface area (Å²) in [5.41, 5.74) is 1.31. The molecule has 198 valence electrons. The Labute approximate surface area is 210 Å². The number of amides is 2. The second-order valence-electron chi connectivity index (χ2n) is 9.14. The number of aromatic nitrogens is 3. The summed E-state index contributed by atoms with van der Waals surface area (Å²) < 4.78 is 62.9. The number of carbonyl (C=O) groups is 2. The molecule has 0 bridgehead atoms. The van der Waals surface area contributed by atoms with Gasteiger partial charge in [-0.15, -0.1) is 0 Å². The molecule has 1 fully saturated rings. The Morgan fingerprint density at radius 3 is 2.65 bits per heavy atom. The van der Waals surface area contributed by atoms with Crippen molar-refractivity contribution < 1.29 is 31.7 Å². The molecule has 0 saturated heterocycles. The van der Waals surface area contributed by atoms with E-state index in [2.05, 4.69) is 25.1 Å². The molecule has 1 aromatic carbocycles. The first-order valence-electron chi connectivity index (χ1n) is 11.2. The fourth-order valence-electron chi connectivity index (χ4n) is 3.87. The number of alkyl halides is 2. The highest BCUT2D eigenvalue weighted by molar-refractivity contribution is 7.92. The van der Waals surface area contributed by atoms with Gasteiger partial charge in [0.15, 0.2) is 11.9 Å². The van der Waals surface area contributed by atoms with Gasteiger partial charge in [0.1, 0.15) is 23.4 Å². The van der Waals surface area contributed by atoms with E-state index in [9.17, 15) is 27.0 Å². The number of fused-ring (bicyclic) bond motifs is 1. The summed E-state index contributed by atoms with van der Waals surface area (Å²) in [5, 5.41) is 9.61. The van der Waals surface area contributed by atoms with E-state index in [1.807, 2.05) is 0 Å². The lowest BCUT2D eigenvalue weighted by Gasteiger charge is -2.35. The predicted molar refractivity (Wildman–Crippen MR) is 130 cm³/mol. The van der Waals surface area contributed by atoms with Gasteiger partial charge in [-0.3, -0.25) is 9.59 Å². The third-order valence-corrected chi connectivity index (χ3v) is 6.27. The van der Waals surface area contributed by atoms with E-state index in [4.69, 9.17) is 4.74 Å². The van der Waals surface area contributed by atoms with Crippen LogP contribution in [0.3, 0.4) is 0 Å². The Hall–Kier alpha value is -3.68. The Bertz CT molecular complexity index is 1500. The van der Waals surface area contributed by atoms with Crippen molar-refractivity contribution in [1.82, 2.24) is 19.9 Å². The zero-order valence-corrected chi connectivity index (χ0v) is 21.2. The standard InChI is InChI=1S/C23H25F3N6O4S/c1-12-16(22(34)31-37(3,4)35)10-32-19(12)20(27-11-28-32)30-17-6-5-14(24)7-18(17)36-13(2)21(33)29-15-8-23(25,26)9-15/h5-7,10-11,13,15H,8-9H2,1-4H3,(H,29,33)(H,27,28,30)/t13-/m1/s1. The van der Waals surface area contributed by atoms with Gasteiger partial charge in [-0.05, 0) is 31.5 Å². The molecule has 2 heterocycles. The van der Waals surface area contributed by atoms with Gasteiger partial charge in [-0.1, -0.05) is 0 Å². The number of hydrogen-bond acceptors (Lipinski definition) is 7. The van der Waals surface area contributed by atoms with Crippen LogP contribution >= 0.6 is 0 Å². The molecule has 37 heavy (non-hydrogen) atoms. The molecule has 0 unspecified atom stereocenters. The van der Waals surface area contributed by atoms with Crippen LogP contribution in [0.25, 0.3) is 5.52 Å². The van der Waals surface area contributed by atoms with Gasteiger partial charge < -0.3 is 15.4 Å². The molecule has 4 rings (SSSR count). The van der Waals surface area contributed by atoms with E-state index in [1.165, 1.54) is 48.6 Å². The molecule has 1 aliphatic rings. The van der Waals surface area contributed by atoms with Crippen LogP contribution in [-0.2, 0) is 14.5 Å². The molecule has 1 atom stereocenters. The van der Waals surface area contributed by atoms with E-state index in [1.54, 1.807) is 6.92 Å². The van der Waals surface area contributed by atoms with Crippen molar-refractivity contribution in [3.05, 3.63) is 47.7 Å². The molecule has 1 aliphatic carbocycles. The molecule has 10 nitrogen and oxygen atoms in total. The highest BCUT2D eigenvalue weighted by Crippen LogP contribution is 2.37. The molecule has 3 aromatic rings. The largest absolute Gasteiger partial charge is 0.479 e. The van der Waals surface area contributed by atoms with E-state index < -0.39 is 58.3 Å². The topological polar surface area (TPSA) is 127 Å². The fourth-order valence-corrected chi connectivity index (χ4v) is 4.36. The predicted octanol–water partition coefficient (Wildman–Crippen LogP) is 3.47.